The van der Waals surface area contributed by atoms with Crippen molar-refractivity contribution in [3.63, 3.8) is 0 Å². The second-order valence-corrected chi connectivity index (χ2v) is 2.82. The molecule has 0 aliphatic heterocycles. The van der Waals surface area contributed by atoms with Crippen LogP contribution in [0.3, 0.4) is 0 Å². The first kappa shape index (κ1) is 11.8. The van der Waals surface area contributed by atoms with Gasteiger partial charge in [-0.1, -0.05) is 0 Å². The molecule has 4 nitrogen and oxygen atoms in total. The van der Waals surface area contributed by atoms with Crippen LogP contribution in [0.2, 0.25) is 0 Å². The number of aliphatic hydroxyl groups is 3. The second-order valence-electron chi connectivity index (χ2n) is 2.82. The Kier molecular flexibility index (Phi) is 8.81. The van der Waals surface area contributed by atoms with Gasteiger partial charge in [-0.15, -0.1) is 0 Å². The zero-order valence-electron chi connectivity index (χ0n) is 7.37. The van der Waals surface area contributed by atoms with Gasteiger partial charge in [0.1, 0.15) is 0 Å². The summed E-state index contributed by atoms with van der Waals surface area (Å²) in [6.07, 6.45) is 2.18. The third kappa shape index (κ3) is 7.94. The van der Waals surface area contributed by atoms with Crippen molar-refractivity contribution in [3.8, 4) is 0 Å². The minimum Gasteiger partial charge on any atom is -0.396 e. The van der Waals surface area contributed by atoms with E-state index in [4.69, 9.17) is 15.3 Å². The standard InChI is InChI=1S/C8H19NO3/c10-5-3-1-2-4-9-6-8(12)7-11/h8-12H,1-7H2. The molecule has 0 aliphatic rings. The van der Waals surface area contributed by atoms with Crippen molar-refractivity contribution >= 4 is 0 Å². The van der Waals surface area contributed by atoms with Crippen LogP contribution >= 0.6 is 0 Å². The highest BCUT2D eigenvalue weighted by atomic mass is 16.3. The number of nitrogens with one attached hydrogen (secondary N) is 1. The van der Waals surface area contributed by atoms with Crippen LogP contribution in [0.15, 0.2) is 0 Å². The summed E-state index contributed by atoms with van der Waals surface area (Å²) in [5.41, 5.74) is 0. The maximum Gasteiger partial charge on any atom is 0.0894 e. The summed E-state index contributed by atoms with van der Waals surface area (Å²) in [5.74, 6) is 0. The van der Waals surface area contributed by atoms with Crippen molar-refractivity contribution in [1.29, 1.82) is 0 Å². The average Bonchev–Trinajstić information content (AvgIpc) is 2.10. The van der Waals surface area contributed by atoms with Crippen LogP contribution < -0.4 is 5.32 Å². The average molecular weight is 177 g/mol. The van der Waals surface area contributed by atoms with Crippen LogP contribution in [-0.2, 0) is 0 Å². The van der Waals surface area contributed by atoms with E-state index in [1.165, 1.54) is 0 Å². The van der Waals surface area contributed by atoms with Gasteiger partial charge in [0, 0.05) is 13.2 Å². The van der Waals surface area contributed by atoms with Crippen LogP contribution in [0.25, 0.3) is 0 Å². The molecular formula is C8H19NO3. The quantitative estimate of drug-likeness (QED) is 0.362. The van der Waals surface area contributed by atoms with Crippen LogP contribution in [0.4, 0.5) is 0 Å². The number of aliphatic hydroxyl groups excluding tert-OH is 3. The Morgan fingerprint density at radius 1 is 1.08 bits per heavy atom. The number of hydrogen-bond acceptors (Lipinski definition) is 4. The van der Waals surface area contributed by atoms with Gasteiger partial charge in [0.2, 0.25) is 0 Å². The van der Waals surface area contributed by atoms with Crippen molar-refractivity contribution in [3.05, 3.63) is 0 Å². The van der Waals surface area contributed by atoms with E-state index < -0.39 is 6.10 Å². The van der Waals surface area contributed by atoms with Gasteiger partial charge in [0.15, 0.2) is 0 Å². The summed E-state index contributed by atoms with van der Waals surface area (Å²) < 4.78 is 0. The summed E-state index contributed by atoms with van der Waals surface area (Å²) in [6.45, 7) is 1.33. The lowest BCUT2D eigenvalue weighted by atomic mass is 10.2. The first-order valence-electron chi connectivity index (χ1n) is 4.41. The molecule has 1 unspecified atom stereocenters. The van der Waals surface area contributed by atoms with Crippen LogP contribution in [0.5, 0.6) is 0 Å². The van der Waals surface area contributed by atoms with Crippen molar-refractivity contribution < 1.29 is 15.3 Å². The molecule has 0 aliphatic carbocycles. The van der Waals surface area contributed by atoms with Crippen LogP contribution in [-0.4, -0.2) is 47.7 Å². The van der Waals surface area contributed by atoms with E-state index in [1.54, 1.807) is 0 Å². The third-order valence-corrected chi connectivity index (χ3v) is 1.60. The lowest BCUT2D eigenvalue weighted by molar-refractivity contribution is 0.0945. The highest BCUT2D eigenvalue weighted by molar-refractivity contribution is 4.56. The topological polar surface area (TPSA) is 72.7 Å². The van der Waals surface area contributed by atoms with Gasteiger partial charge in [0.25, 0.3) is 0 Å². The molecule has 0 aromatic carbocycles. The largest absolute Gasteiger partial charge is 0.396 e. The van der Waals surface area contributed by atoms with Crippen molar-refractivity contribution in [2.24, 2.45) is 0 Å². The highest BCUT2D eigenvalue weighted by Crippen LogP contribution is 1.91. The zero-order chi connectivity index (χ0) is 9.23. The minimum atomic E-state index is -0.650. The van der Waals surface area contributed by atoms with Crippen molar-refractivity contribution in [2.75, 3.05) is 26.3 Å². The first-order chi connectivity index (χ1) is 5.81. The molecule has 0 saturated carbocycles. The molecule has 0 rings (SSSR count). The molecule has 4 heteroatoms. The molecule has 0 radical (unpaired) electrons. The van der Waals surface area contributed by atoms with Gasteiger partial charge in [-0.3, -0.25) is 0 Å². The Bertz CT molecular complexity index is 90.4. The summed E-state index contributed by atoms with van der Waals surface area (Å²) in [5, 5.41) is 28.8. The van der Waals surface area contributed by atoms with Gasteiger partial charge in [-0.25, -0.2) is 0 Å². The van der Waals surface area contributed by atoms with E-state index in [9.17, 15) is 0 Å². The number of rotatable bonds is 8. The lowest BCUT2D eigenvalue weighted by Crippen LogP contribution is -2.29. The second kappa shape index (κ2) is 8.93. The van der Waals surface area contributed by atoms with E-state index in [0.29, 0.717) is 6.54 Å². The Labute approximate surface area is 73.2 Å². The van der Waals surface area contributed by atoms with Crippen LogP contribution in [0, 0.1) is 0 Å². The van der Waals surface area contributed by atoms with Gasteiger partial charge in [-0.05, 0) is 25.8 Å². The van der Waals surface area contributed by atoms with Gasteiger partial charge in [-0.2, -0.15) is 0 Å². The highest BCUT2D eigenvalue weighted by Gasteiger charge is 1.98. The Balaban J connectivity index is 2.90. The molecule has 0 bridgehead atoms. The molecule has 12 heavy (non-hydrogen) atoms. The van der Waals surface area contributed by atoms with Gasteiger partial charge < -0.3 is 20.6 Å². The van der Waals surface area contributed by atoms with Crippen molar-refractivity contribution in [1.82, 2.24) is 5.32 Å². The van der Waals surface area contributed by atoms with E-state index in [2.05, 4.69) is 5.32 Å². The third-order valence-electron chi connectivity index (χ3n) is 1.60. The van der Waals surface area contributed by atoms with Gasteiger partial charge >= 0.3 is 0 Å². The molecule has 0 saturated heterocycles. The Hall–Kier alpha value is -0.160. The zero-order valence-corrected chi connectivity index (χ0v) is 7.37. The normalized spacial score (nSPS) is 13.2. The maximum absolute atomic E-state index is 8.91. The molecule has 0 aromatic heterocycles. The Morgan fingerprint density at radius 2 is 1.83 bits per heavy atom. The fourth-order valence-corrected chi connectivity index (χ4v) is 0.872. The summed E-state index contributed by atoms with van der Waals surface area (Å²) in [7, 11) is 0. The number of hydrogen-bond donors (Lipinski definition) is 4. The molecule has 0 fully saturated rings. The fourth-order valence-electron chi connectivity index (χ4n) is 0.872. The monoisotopic (exact) mass is 177 g/mol. The summed E-state index contributed by atoms with van der Waals surface area (Å²) >= 11 is 0. The lowest BCUT2D eigenvalue weighted by Gasteiger charge is -2.07. The molecule has 0 heterocycles. The van der Waals surface area contributed by atoms with Gasteiger partial charge in [0.05, 0.1) is 12.7 Å². The molecule has 4 N–H and O–H groups in total. The molecule has 0 spiro atoms. The van der Waals surface area contributed by atoms with Crippen molar-refractivity contribution in [2.45, 2.75) is 25.4 Å². The smallest absolute Gasteiger partial charge is 0.0894 e. The molecular weight excluding hydrogens is 158 g/mol. The minimum absolute atomic E-state index is 0.191. The molecule has 1 atom stereocenters. The van der Waals surface area contributed by atoms with E-state index >= 15 is 0 Å². The molecule has 0 amide bonds. The first-order valence-corrected chi connectivity index (χ1v) is 4.41. The SMILES string of the molecule is OCCCCCNCC(O)CO. The Morgan fingerprint density at radius 3 is 2.42 bits per heavy atom. The maximum atomic E-state index is 8.91. The fraction of sp³-hybridized carbons (Fsp3) is 1.00. The molecule has 0 aromatic rings. The summed E-state index contributed by atoms with van der Waals surface area (Å²) in [6, 6.07) is 0. The van der Waals surface area contributed by atoms with E-state index in [1.807, 2.05) is 0 Å². The van der Waals surface area contributed by atoms with E-state index in [-0.39, 0.29) is 13.2 Å². The van der Waals surface area contributed by atoms with Crippen LogP contribution in [0.1, 0.15) is 19.3 Å². The molecule has 74 valence electrons. The predicted octanol–water partition coefficient (Wildman–Crippen LogP) is -0.908. The predicted molar refractivity (Wildman–Crippen MR) is 46.9 cm³/mol. The van der Waals surface area contributed by atoms with E-state index in [0.717, 1.165) is 25.8 Å². The summed E-state index contributed by atoms with van der Waals surface area (Å²) in [4.78, 5) is 0. The number of unbranched alkanes of at least 4 members (excludes halogenated alkanes) is 2.